The molecule has 9 saturated heterocycles. The number of methoxy groups -OCH3 is 1. The van der Waals surface area contributed by atoms with E-state index in [9.17, 15) is 61.1 Å². The maximum Gasteiger partial charge on any atom is 0.422 e. The zero-order valence-corrected chi connectivity index (χ0v) is 38.7. The molecule has 0 radical (unpaired) electrons. The van der Waals surface area contributed by atoms with Crippen molar-refractivity contribution in [2.24, 2.45) is 23.7 Å². The maximum atomic E-state index is 12.2. The molecule has 16 atom stereocenters. The van der Waals surface area contributed by atoms with Crippen LogP contribution in [0.2, 0.25) is 0 Å². The largest absolute Gasteiger partial charge is 0.469 e. The van der Waals surface area contributed by atoms with Crippen LogP contribution in [-0.4, -0.2) is 166 Å². The Morgan fingerprint density at radius 1 is 0.611 bits per heavy atom. The molecular formula is C46H51F3O23. The van der Waals surface area contributed by atoms with Crippen LogP contribution in [0.4, 0.5) is 13.2 Å². The van der Waals surface area contributed by atoms with Crippen molar-refractivity contribution in [3.05, 3.63) is 37.0 Å². The van der Waals surface area contributed by atoms with Crippen molar-refractivity contribution in [2.45, 2.75) is 138 Å². The second-order valence-electron chi connectivity index (χ2n) is 17.9. The van der Waals surface area contributed by atoms with E-state index in [1.807, 2.05) is 0 Å². The predicted molar refractivity (Wildman–Crippen MR) is 221 cm³/mol. The van der Waals surface area contributed by atoms with E-state index in [1.165, 1.54) is 14.0 Å². The molecular weight excluding hydrogens is 977 g/mol. The number of carbonyl (C=O) groups excluding carboxylic acids is 10. The van der Waals surface area contributed by atoms with Crippen molar-refractivity contribution in [3.8, 4) is 0 Å². The fourth-order valence-electron chi connectivity index (χ4n) is 9.81. The van der Waals surface area contributed by atoms with Crippen molar-refractivity contribution >= 4 is 59.7 Å². The lowest BCUT2D eigenvalue weighted by atomic mass is 9.78. The van der Waals surface area contributed by atoms with Crippen LogP contribution in [0.5, 0.6) is 0 Å². The molecule has 23 nitrogen and oxygen atoms in total. The molecule has 9 aliphatic heterocycles. The number of ether oxygens (including phenoxy) is 13. The lowest BCUT2D eigenvalue weighted by Gasteiger charge is -2.26. The Morgan fingerprint density at radius 3 is 1.51 bits per heavy atom. The number of fused-ring (bicyclic) bond motifs is 3. The number of halogens is 3. The molecule has 0 aliphatic carbocycles. The minimum absolute atomic E-state index is 0.00431. The second-order valence-corrected chi connectivity index (χ2v) is 17.9. The standard InChI is InChI=1S/C17H20O9.C15H15F3O7.C14H16O7/c1-7(2)15(19)23-6-4-5-8(18)24-13-11-9(16(20)22-3)10-12(25-11)14(13)26-17(10)21;1-6(15(16,17)18)13(20)22-4-2-3-9(19)24-11-8-5-7-10(23-8)12(11)25-14(7)21;1-2-9(15)18-5-3-4-10(16)20-12-8-6-7-11(19-8)13(12)21-14(7)17/h9-14H,1,4-6H2,2-3H3;7-8,10-12H,1-5H2;2,7-8,11-13H,1,3-6H2. The molecule has 6 bridgehead atoms. The summed E-state index contributed by atoms with van der Waals surface area (Å²) < 4.78 is 104. The van der Waals surface area contributed by atoms with Gasteiger partial charge in [0.15, 0.2) is 36.6 Å². The van der Waals surface area contributed by atoms with Crippen LogP contribution in [0.3, 0.4) is 0 Å². The molecule has 0 aromatic rings. The molecule has 0 aromatic heterocycles. The average Bonchev–Trinajstić information content (AvgIpc) is 4.23. The first-order valence-electron chi connectivity index (χ1n) is 22.9. The van der Waals surface area contributed by atoms with Crippen molar-refractivity contribution in [1.82, 2.24) is 0 Å². The molecule has 0 N–H and O–H groups in total. The number of carbonyl (C=O) groups is 10. The molecule has 16 unspecified atom stereocenters. The van der Waals surface area contributed by atoms with Gasteiger partial charge < -0.3 is 61.6 Å². The first-order chi connectivity index (χ1) is 34.1. The van der Waals surface area contributed by atoms with Crippen LogP contribution >= 0.6 is 0 Å². The van der Waals surface area contributed by atoms with Gasteiger partial charge in [-0.25, -0.2) is 14.4 Å². The molecule has 26 heteroatoms. The summed E-state index contributed by atoms with van der Waals surface area (Å²) in [4.78, 5) is 116. The highest BCUT2D eigenvalue weighted by molar-refractivity contribution is 5.89. The highest BCUT2D eigenvalue weighted by Crippen LogP contribution is 2.52. The van der Waals surface area contributed by atoms with Gasteiger partial charge in [-0.05, 0) is 39.0 Å². The fourth-order valence-corrected chi connectivity index (χ4v) is 9.81. The van der Waals surface area contributed by atoms with Gasteiger partial charge in [0, 0.05) is 30.9 Å². The summed E-state index contributed by atoms with van der Waals surface area (Å²) in [7, 11) is 1.22. The van der Waals surface area contributed by atoms with E-state index in [0.717, 1.165) is 6.08 Å². The zero-order chi connectivity index (χ0) is 52.3. The van der Waals surface area contributed by atoms with E-state index >= 15 is 0 Å². The number of esters is 10. The Hall–Kier alpha value is -6.41. The Kier molecular flexibility index (Phi) is 16.4. The zero-order valence-electron chi connectivity index (χ0n) is 38.7. The number of rotatable bonds is 19. The SMILES string of the molecule is C=C(C(=O)OCCCC(=O)OC1C2CC3C(=O)OC1C3O2)C(F)(F)F.C=C(C)C(=O)OCCCC(=O)OC1C2OC(=O)C3C2OC1C3C(=O)OC.C=CC(=O)OCCCC(=O)OC1C2CC3C(=O)OC1C3O2. The number of hydrogen-bond donors (Lipinski definition) is 0. The monoisotopic (exact) mass is 1030 g/mol. The third-order valence-corrected chi connectivity index (χ3v) is 13.1. The molecule has 394 valence electrons. The summed E-state index contributed by atoms with van der Waals surface area (Å²) in [6.45, 7) is 10.7. The minimum Gasteiger partial charge on any atom is -0.469 e. The summed E-state index contributed by atoms with van der Waals surface area (Å²) >= 11 is 0. The molecule has 9 rings (SSSR count). The topological polar surface area (TPSA) is 291 Å². The molecule has 0 amide bonds. The summed E-state index contributed by atoms with van der Waals surface area (Å²) in [6.07, 6.45) is -8.67. The van der Waals surface area contributed by atoms with Gasteiger partial charge in [-0.3, -0.25) is 33.6 Å². The van der Waals surface area contributed by atoms with Gasteiger partial charge in [0.2, 0.25) is 0 Å². The summed E-state index contributed by atoms with van der Waals surface area (Å²) in [5.41, 5.74) is -1.33. The number of hydrogen-bond acceptors (Lipinski definition) is 23. The van der Waals surface area contributed by atoms with E-state index in [1.54, 1.807) is 0 Å². The smallest absolute Gasteiger partial charge is 0.422 e. The Bertz CT molecular complexity index is 2240. The van der Waals surface area contributed by atoms with Gasteiger partial charge >= 0.3 is 65.9 Å². The molecule has 72 heavy (non-hydrogen) atoms. The summed E-state index contributed by atoms with van der Waals surface area (Å²) in [5.74, 6) is -8.02. The van der Waals surface area contributed by atoms with Crippen LogP contribution in [-0.2, 0) is 110 Å². The van der Waals surface area contributed by atoms with Crippen LogP contribution in [0.1, 0.15) is 58.3 Å². The van der Waals surface area contributed by atoms with Gasteiger partial charge in [0.25, 0.3) is 0 Å². The van der Waals surface area contributed by atoms with Crippen molar-refractivity contribution in [1.29, 1.82) is 0 Å². The second kappa shape index (κ2) is 22.1. The molecule has 0 aromatic carbocycles. The van der Waals surface area contributed by atoms with Gasteiger partial charge in [-0.2, -0.15) is 13.2 Å². The van der Waals surface area contributed by atoms with Crippen LogP contribution in [0.15, 0.2) is 37.0 Å². The summed E-state index contributed by atoms with van der Waals surface area (Å²) in [6, 6.07) is 0. The van der Waals surface area contributed by atoms with E-state index in [4.69, 9.17) is 56.8 Å². The third kappa shape index (κ3) is 11.3. The van der Waals surface area contributed by atoms with Crippen molar-refractivity contribution < 1.29 is 123 Å². The predicted octanol–water partition coefficient (Wildman–Crippen LogP) is 1.08. The third-order valence-electron chi connectivity index (χ3n) is 13.1. The van der Waals surface area contributed by atoms with Gasteiger partial charge in [-0.1, -0.05) is 19.7 Å². The van der Waals surface area contributed by atoms with Crippen molar-refractivity contribution in [2.75, 3.05) is 26.9 Å². The van der Waals surface area contributed by atoms with Crippen LogP contribution < -0.4 is 0 Å². The lowest BCUT2D eigenvalue weighted by molar-refractivity contribution is -0.163. The van der Waals surface area contributed by atoms with E-state index < -0.39 is 120 Å². The average molecular weight is 1030 g/mol. The van der Waals surface area contributed by atoms with Crippen LogP contribution in [0, 0.1) is 23.7 Å². The van der Waals surface area contributed by atoms with Gasteiger partial charge in [0.1, 0.15) is 41.8 Å². The Morgan fingerprint density at radius 2 is 1.06 bits per heavy atom. The minimum atomic E-state index is -4.85. The quantitative estimate of drug-likeness (QED) is 0.0757. The Labute approximate surface area is 407 Å². The van der Waals surface area contributed by atoms with Crippen LogP contribution in [0.25, 0.3) is 0 Å². The highest BCUT2D eigenvalue weighted by atomic mass is 19.4. The van der Waals surface area contributed by atoms with Crippen molar-refractivity contribution in [3.63, 3.8) is 0 Å². The maximum absolute atomic E-state index is 12.2. The first kappa shape index (κ1) is 53.4. The van der Waals surface area contributed by atoms with E-state index in [2.05, 4.69) is 24.5 Å². The molecule has 9 fully saturated rings. The molecule has 0 saturated carbocycles. The van der Waals surface area contributed by atoms with Gasteiger partial charge in [-0.15, -0.1) is 0 Å². The van der Waals surface area contributed by atoms with E-state index in [-0.39, 0.29) is 106 Å². The fraction of sp³-hybridized carbons (Fsp3) is 0.652. The molecule has 9 heterocycles. The molecule has 9 aliphatic rings. The summed E-state index contributed by atoms with van der Waals surface area (Å²) in [5, 5.41) is 0. The first-order valence-corrected chi connectivity index (χ1v) is 22.9. The van der Waals surface area contributed by atoms with E-state index in [0.29, 0.717) is 19.3 Å². The molecule has 0 spiro atoms. The van der Waals surface area contributed by atoms with Gasteiger partial charge in [0.05, 0.1) is 51.0 Å². The lowest BCUT2D eigenvalue weighted by Crippen LogP contribution is -2.47. The Balaban J connectivity index is 0.000000159. The normalized spacial score (nSPS) is 33.7. The highest BCUT2D eigenvalue weighted by Gasteiger charge is 2.72. The number of alkyl halides is 3.